The Bertz CT molecular complexity index is 949. The van der Waals surface area contributed by atoms with Gasteiger partial charge in [0.05, 0.1) is 17.8 Å². The fourth-order valence-electron chi connectivity index (χ4n) is 3.70. The maximum Gasteiger partial charge on any atom is 0.254 e. The van der Waals surface area contributed by atoms with Gasteiger partial charge in [-0.15, -0.1) is 11.3 Å². The van der Waals surface area contributed by atoms with Crippen LogP contribution in [0.25, 0.3) is 11.2 Å². The quantitative estimate of drug-likeness (QED) is 0.705. The summed E-state index contributed by atoms with van der Waals surface area (Å²) in [5.41, 5.74) is 9.03. The van der Waals surface area contributed by atoms with Crippen molar-refractivity contribution in [3.05, 3.63) is 40.0 Å². The third-order valence-corrected chi connectivity index (χ3v) is 5.99. The average molecular weight is 385 g/mol. The van der Waals surface area contributed by atoms with E-state index in [0.29, 0.717) is 19.6 Å². The molecule has 3 aromatic rings. The lowest BCUT2D eigenvalue weighted by Crippen LogP contribution is -2.28. The van der Waals surface area contributed by atoms with E-state index in [1.807, 2.05) is 21.0 Å². The molecule has 27 heavy (non-hydrogen) atoms. The average Bonchev–Trinajstić information content (AvgIpc) is 3.41. The number of aromatic nitrogens is 4. The first-order chi connectivity index (χ1) is 13.2. The first-order valence-corrected chi connectivity index (χ1v) is 10.3. The minimum Gasteiger partial charge on any atom is -0.338 e. The first-order valence-electron chi connectivity index (χ1n) is 9.45. The van der Waals surface area contributed by atoms with Gasteiger partial charge in [0.2, 0.25) is 0 Å². The van der Waals surface area contributed by atoms with Crippen LogP contribution in [0.1, 0.15) is 46.6 Å². The highest BCUT2D eigenvalue weighted by Crippen LogP contribution is 2.31. The molecule has 0 spiro atoms. The van der Waals surface area contributed by atoms with Gasteiger partial charge in [-0.3, -0.25) is 4.79 Å². The van der Waals surface area contributed by atoms with Crippen LogP contribution in [0.4, 0.5) is 0 Å². The molecule has 1 saturated heterocycles. The number of aryl methyl sites for hydroxylation is 1. The van der Waals surface area contributed by atoms with Crippen LogP contribution in [0.3, 0.4) is 0 Å². The summed E-state index contributed by atoms with van der Waals surface area (Å²) < 4.78 is 1.83. The van der Waals surface area contributed by atoms with Crippen LogP contribution in [0.2, 0.25) is 0 Å². The molecule has 7 nitrogen and oxygen atoms in total. The molecule has 0 saturated carbocycles. The Labute approximate surface area is 162 Å². The first kappa shape index (κ1) is 18.1. The van der Waals surface area contributed by atoms with Gasteiger partial charge in [0.25, 0.3) is 5.91 Å². The summed E-state index contributed by atoms with van der Waals surface area (Å²) in [6, 6.07) is 2.04. The maximum atomic E-state index is 12.9. The van der Waals surface area contributed by atoms with Crippen LogP contribution in [0.5, 0.6) is 0 Å². The zero-order chi connectivity index (χ0) is 18.8. The Morgan fingerprint density at radius 1 is 1.37 bits per heavy atom. The number of carbonyl (C=O) groups is 1. The Morgan fingerprint density at radius 3 is 3.04 bits per heavy atom. The molecular formula is C19H24N6OS. The number of carbonyl (C=O) groups excluding carboxylic acids is 1. The molecule has 1 atom stereocenters. The largest absolute Gasteiger partial charge is 0.338 e. The summed E-state index contributed by atoms with van der Waals surface area (Å²) >= 11 is 1.68. The second-order valence-electron chi connectivity index (χ2n) is 6.91. The number of nitrogens with two attached hydrogens (primary N) is 1. The molecule has 8 heteroatoms. The van der Waals surface area contributed by atoms with Crippen LogP contribution in [0.15, 0.2) is 23.8 Å². The van der Waals surface area contributed by atoms with Gasteiger partial charge in [0, 0.05) is 48.2 Å². The molecule has 3 aromatic heterocycles. The Kier molecular flexibility index (Phi) is 5.18. The Hall–Kier alpha value is -2.32. The predicted molar refractivity (Wildman–Crippen MR) is 106 cm³/mol. The van der Waals surface area contributed by atoms with Gasteiger partial charge in [0.15, 0.2) is 5.65 Å². The summed E-state index contributed by atoms with van der Waals surface area (Å²) in [5.74, 6) is 0.300. The topological polar surface area (TPSA) is 89.9 Å². The summed E-state index contributed by atoms with van der Waals surface area (Å²) in [4.78, 5) is 25.0. The van der Waals surface area contributed by atoms with Crippen LogP contribution in [-0.4, -0.2) is 50.2 Å². The van der Waals surface area contributed by atoms with Crippen molar-refractivity contribution in [2.24, 2.45) is 5.73 Å². The van der Waals surface area contributed by atoms with Crippen LogP contribution in [0, 0.1) is 0 Å². The second-order valence-corrected chi connectivity index (χ2v) is 7.91. The second kappa shape index (κ2) is 7.74. The van der Waals surface area contributed by atoms with E-state index in [-0.39, 0.29) is 11.8 Å². The molecule has 0 radical (unpaired) electrons. The van der Waals surface area contributed by atoms with Crippen molar-refractivity contribution in [2.45, 2.75) is 38.6 Å². The minimum atomic E-state index is 0.118. The molecular weight excluding hydrogens is 360 g/mol. The van der Waals surface area contributed by atoms with E-state index in [4.69, 9.17) is 10.8 Å². The molecule has 4 heterocycles. The van der Waals surface area contributed by atoms with Crippen molar-refractivity contribution in [3.63, 3.8) is 0 Å². The molecule has 1 amide bonds. The fraction of sp³-hybridized carbons (Fsp3) is 0.474. The van der Waals surface area contributed by atoms with Crippen molar-refractivity contribution >= 4 is 28.4 Å². The number of likely N-dealkylation sites (tertiary alicyclic amines) is 1. The maximum absolute atomic E-state index is 12.9. The molecule has 0 aromatic carbocycles. The van der Waals surface area contributed by atoms with Crippen LogP contribution >= 0.6 is 11.3 Å². The highest BCUT2D eigenvalue weighted by Gasteiger charge is 2.32. The summed E-state index contributed by atoms with van der Waals surface area (Å²) in [6.45, 7) is 4.68. The Balaban J connectivity index is 1.54. The molecule has 1 fully saturated rings. The van der Waals surface area contributed by atoms with Gasteiger partial charge >= 0.3 is 0 Å². The third-order valence-electron chi connectivity index (χ3n) is 4.99. The standard InChI is InChI=1S/C19H24N6OS/c1-2-3-15-10-14(12-27-15)19(26)24-8-4-13(11-24)16-17-18(22-7-6-21-17)25(23-16)9-5-20/h6-7,10,12-13H,2-5,8-9,11,20H2,1H3/t13-/m1/s1. The lowest BCUT2D eigenvalue weighted by Gasteiger charge is -2.15. The summed E-state index contributed by atoms with van der Waals surface area (Å²) in [6.07, 6.45) is 6.39. The molecule has 4 rings (SSSR count). The SMILES string of the molecule is CCCc1cc(C(=O)N2CC[C@@H](c3nn(CCN)c4nccnc34)C2)cs1. The summed E-state index contributed by atoms with van der Waals surface area (Å²) in [5, 5.41) is 6.72. The number of nitrogens with zero attached hydrogens (tertiary/aromatic N) is 5. The van der Waals surface area contributed by atoms with Crippen molar-refractivity contribution in [2.75, 3.05) is 19.6 Å². The predicted octanol–water partition coefficient (Wildman–Crippen LogP) is 2.43. The molecule has 1 aliphatic heterocycles. The third kappa shape index (κ3) is 3.46. The van der Waals surface area contributed by atoms with Crippen LogP contribution in [-0.2, 0) is 13.0 Å². The van der Waals surface area contributed by atoms with Crippen molar-refractivity contribution in [3.8, 4) is 0 Å². The van der Waals surface area contributed by atoms with E-state index >= 15 is 0 Å². The van der Waals surface area contributed by atoms with Gasteiger partial charge in [0.1, 0.15) is 5.52 Å². The van der Waals surface area contributed by atoms with Crippen molar-refractivity contribution < 1.29 is 4.79 Å². The molecule has 0 bridgehead atoms. The van der Waals surface area contributed by atoms with Crippen LogP contribution < -0.4 is 5.73 Å². The zero-order valence-electron chi connectivity index (χ0n) is 15.5. The number of thiophene rings is 1. The number of hydrogen-bond donors (Lipinski definition) is 1. The van der Waals surface area contributed by atoms with E-state index in [2.05, 4.69) is 16.9 Å². The van der Waals surface area contributed by atoms with Gasteiger partial charge in [-0.1, -0.05) is 13.3 Å². The number of hydrogen-bond acceptors (Lipinski definition) is 6. The normalized spacial score (nSPS) is 17.1. The van der Waals surface area contributed by atoms with E-state index in [9.17, 15) is 4.79 Å². The molecule has 0 aliphatic carbocycles. The number of amides is 1. The number of rotatable bonds is 6. The number of fused-ring (bicyclic) bond motifs is 1. The van der Waals surface area contributed by atoms with Gasteiger partial charge in [-0.25, -0.2) is 14.6 Å². The van der Waals surface area contributed by atoms with E-state index in [0.717, 1.165) is 48.2 Å². The highest BCUT2D eigenvalue weighted by atomic mass is 32.1. The highest BCUT2D eigenvalue weighted by molar-refractivity contribution is 7.10. The molecule has 142 valence electrons. The van der Waals surface area contributed by atoms with Gasteiger partial charge in [-0.2, -0.15) is 5.10 Å². The lowest BCUT2D eigenvalue weighted by atomic mass is 10.0. The fourth-order valence-corrected chi connectivity index (χ4v) is 4.66. The molecule has 0 unspecified atom stereocenters. The zero-order valence-corrected chi connectivity index (χ0v) is 16.3. The Morgan fingerprint density at radius 2 is 2.22 bits per heavy atom. The van der Waals surface area contributed by atoms with E-state index in [1.54, 1.807) is 23.7 Å². The monoisotopic (exact) mass is 384 g/mol. The van der Waals surface area contributed by atoms with Crippen molar-refractivity contribution in [1.82, 2.24) is 24.6 Å². The smallest absolute Gasteiger partial charge is 0.254 e. The lowest BCUT2D eigenvalue weighted by molar-refractivity contribution is 0.0791. The van der Waals surface area contributed by atoms with Gasteiger partial charge in [-0.05, 0) is 18.9 Å². The minimum absolute atomic E-state index is 0.118. The van der Waals surface area contributed by atoms with E-state index in [1.165, 1.54) is 4.88 Å². The van der Waals surface area contributed by atoms with Crippen molar-refractivity contribution in [1.29, 1.82) is 0 Å². The molecule has 2 N–H and O–H groups in total. The van der Waals surface area contributed by atoms with Gasteiger partial charge < -0.3 is 10.6 Å². The summed E-state index contributed by atoms with van der Waals surface area (Å²) in [7, 11) is 0. The van der Waals surface area contributed by atoms with E-state index < -0.39 is 0 Å². The molecule has 1 aliphatic rings.